The first kappa shape index (κ1) is 10.9. The summed E-state index contributed by atoms with van der Waals surface area (Å²) in [6, 6.07) is 0.665. The van der Waals surface area contributed by atoms with Gasteiger partial charge in [0.25, 0.3) is 0 Å². The first-order chi connectivity index (χ1) is 6.31. The highest BCUT2D eigenvalue weighted by molar-refractivity contribution is 4.84. The third kappa shape index (κ3) is 2.91. The molecule has 1 aliphatic rings. The molecule has 1 saturated heterocycles. The topological polar surface area (TPSA) is 33.7 Å². The Morgan fingerprint density at radius 1 is 1.38 bits per heavy atom. The van der Waals surface area contributed by atoms with Crippen LogP contribution < -0.4 is 5.32 Å². The quantitative estimate of drug-likeness (QED) is 0.590. The number of ether oxygens (including phenoxy) is 2. The molecule has 1 N–H and O–H groups in total. The second kappa shape index (κ2) is 5.54. The highest BCUT2D eigenvalue weighted by atomic mass is 16.7. The monoisotopic (exact) mass is 188 g/mol. The van der Waals surface area contributed by atoms with E-state index in [0.29, 0.717) is 6.04 Å². The number of rotatable bonds is 6. The summed E-state index contributed by atoms with van der Waals surface area (Å²) in [5.74, 6) is 0. The number of nitrogens with one attached hydrogen (secondary N) is 1. The van der Waals surface area contributed by atoms with Crippen molar-refractivity contribution >= 4 is 0 Å². The molecule has 1 aliphatic heterocycles. The van der Waals surface area contributed by atoms with Crippen molar-refractivity contribution in [3.63, 3.8) is 0 Å². The first-order valence-electron chi connectivity index (χ1n) is 4.82. The van der Waals surface area contributed by atoms with Gasteiger partial charge >= 0.3 is 0 Å². The third-order valence-electron chi connectivity index (χ3n) is 2.59. The van der Waals surface area contributed by atoms with E-state index in [1.807, 2.05) is 0 Å². The minimum absolute atomic E-state index is 0.0967. The molecule has 4 nitrogen and oxygen atoms in total. The van der Waals surface area contributed by atoms with Crippen LogP contribution in [0.2, 0.25) is 0 Å². The maximum absolute atomic E-state index is 5.17. The SMILES string of the molecule is CCN(CC(OC)OC)C1CNC1. The molecule has 1 heterocycles. The van der Waals surface area contributed by atoms with Gasteiger partial charge in [-0.1, -0.05) is 6.92 Å². The highest BCUT2D eigenvalue weighted by Crippen LogP contribution is 2.06. The lowest BCUT2D eigenvalue weighted by Crippen LogP contribution is -2.58. The average molecular weight is 188 g/mol. The van der Waals surface area contributed by atoms with Gasteiger partial charge in [-0.3, -0.25) is 4.90 Å². The molecule has 0 unspecified atom stereocenters. The van der Waals surface area contributed by atoms with Gasteiger partial charge in [0, 0.05) is 39.9 Å². The Bertz CT molecular complexity index is 136. The lowest BCUT2D eigenvalue weighted by Gasteiger charge is -2.38. The number of likely N-dealkylation sites (N-methyl/N-ethyl adjacent to an activating group) is 1. The predicted molar refractivity (Wildman–Crippen MR) is 51.7 cm³/mol. The van der Waals surface area contributed by atoms with Crippen LogP contribution in [0.25, 0.3) is 0 Å². The summed E-state index contributed by atoms with van der Waals surface area (Å²) in [5.41, 5.74) is 0. The smallest absolute Gasteiger partial charge is 0.169 e. The van der Waals surface area contributed by atoms with Crippen molar-refractivity contribution in [3.05, 3.63) is 0 Å². The Hall–Kier alpha value is -0.160. The molecule has 0 aliphatic carbocycles. The fraction of sp³-hybridized carbons (Fsp3) is 1.00. The summed E-state index contributed by atoms with van der Waals surface area (Å²) < 4.78 is 10.3. The molecule has 0 aromatic rings. The summed E-state index contributed by atoms with van der Waals surface area (Å²) in [7, 11) is 3.36. The van der Waals surface area contributed by atoms with Crippen molar-refractivity contribution < 1.29 is 9.47 Å². The molecule has 0 saturated carbocycles. The van der Waals surface area contributed by atoms with E-state index < -0.39 is 0 Å². The van der Waals surface area contributed by atoms with E-state index >= 15 is 0 Å². The second-order valence-electron chi connectivity index (χ2n) is 3.30. The van der Waals surface area contributed by atoms with E-state index in [-0.39, 0.29) is 6.29 Å². The Labute approximate surface area is 80.2 Å². The van der Waals surface area contributed by atoms with Gasteiger partial charge in [-0.15, -0.1) is 0 Å². The van der Waals surface area contributed by atoms with Crippen LogP contribution in [0.1, 0.15) is 6.92 Å². The average Bonchev–Trinajstić information content (AvgIpc) is 2.08. The zero-order valence-corrected chi connectivity index (χ0v) is 8.75. The zero-order valence-electron chi connectivity index (χ0n) is 8.75. The van der Waals surface area contributed by atoms with E-state index in [0.717, 1.165) is 26.2 Å². The normalized spacial score (nSPS) is 18.2. The molecule has 0 aromatic carbocycles. The van der Waals surface area contributed by atoms with Crippen molar-refractivity contribution in [2.45, 2.75) is 19.3 Å². The summed E-state index contributed by atoms with van der Waals surface area (Å²) >= 11 is 0. The van der Waals surface area contributed by atoms with Crippen LogP contribution in [0.4, 0.5) is 0 Å². The molecule has 1 fully saturated rings. The van der Waals surface area contributed by atoms with Crippen LogP contribution in [-0.4, -0.2) is 57.6 Å². The van der Waals surface area contributed by atoms with E-state index in [4.69, 9.17) is 9.47 Å². The van der Waals surface area contributed by atoms with Crippen LogP contribution >= 0.6 is 0 Å². The van der Waals surface area contributed by atoms with Crippen LogP contribution in [0.5, 0.6) is 0 Å². The van der Waals surface area contributed by atoms with Gasteiger partial charge in [-0.2, -0.15) is 0 Å². The second-order valence-corrected chi connectivity index (χ2v) is 3.30. The summed E-state index contributed by atoms with van der Waals surface area (Å²) in [6.07, 6.45) is -0.0967. The van der Waals surface area contributed by atoms with Gasteiger partial charge in [-0.05, 0) is 6.54 Å². The molecule has 13 heavy (non-hydrogen) atoms. The summed E-state index contributed by atoms with van der Waals surface area (Å²) in [5, 5.41) is 3.26. The van der Waals surface area contributed by atoms with Crippen LogP contribution in [0.3, 0.4) is 0 Å². The molecule has 0 aromatic heterocycles. The maximum Gasteiger partial charge on any atom is 0.169 e. The number of hydrogen-bond donors (Lipinski definition) is 1. The lowest BCUT2D eigenvalue weighted by molar-refractivity contribution is -0.122. The van der Waals surface area contributed by atoms with Gasteiger partial charge < -0.3 is 14.8 Å². The van der Waals surface area contributed by atoms with Gasteiger partial charge in [-0.25, -0.2) is 0 Å². The fourth-order valence-electron chi connectivity index (χ4n) is 1.50. The van der Waals surface area contributed by atoms with E-state index in [1.54, 1.807) is 14.2 Å². The van der Waals surface area contributed by atoms with Gasteiger partial charge in [0.1, 0.15) is 0 Å². The Morgan fingerprint density at radius 3 is 2.31 bits per heavy atom. The molecule has 0 radical (unpaired) electrons. The number of nitrogens with zero attached hydrogens (tertiary/aromatic N) is 1. The molecule has 78 valence electrons. The van der Waals surface area contributed by atoms with Crippen molar-refractivity contribution in [2.24, 2.45) is 0 Å². The fourth-order valence-corrected chi connectivity index (χ4v) is 1.50. The van der Waals surface area contributed by atoms with Gasteiger partial charge in [0.15, 0.2) is 6.29 Å². The van der Waals surface area contributed by atoms with Crippen molar-refractivity contribution in [1.29, 1.82) is 0 Å². The Balaban J connectivity index is 2.28. The molecule has 4 heteroatoms. The first-order valence-corrected chi connectivity index (χ1v) is 4.82. The Kier molecular flexibility index (Phi) is 4.66. The minimum atomic E-state index is -0.0967. The zero-order chi connectivity index (χ0) is 9.68. The van der Waals surface area contributed by atoms with Crippen LogP contribution in [0.15, 0.2) is 0 Å². The van der Waals surface area contributed by atoms with E-state index in [2.05, 4.69) is 17.1 Å². The van der Waals surface area contributed by atoms with E-state index in [9.17, 15) is 0 Å². The minimum Gasteiger partial charge on any atom is -0.355 e. The van der Waals surface area contributed by atoms with Crippen molar-refractivity contribution in [1.82, 2.24) is 10.2 Å². The highest BCUT2D eigenvalue weighted by Gasteiger charge is 2.25. The molecule has 1 rings (SSSR count). The number of hydrogen-bond acceptors (Lipinski definition) is 4. The standard InChI is InChI=1S/C9H20N2O2/c1-4-11(8-5-10-6-8)7-9(12-2)13-3/h8-10H,4-7H2,1-3H3. The third-order valence-corrected chi connectivity index (χ3v) is 2.59. The molecular weight excluding hydrogens is 168 g/mol. The molecule has 0 spiro atoms. The summed E-state index contributed by atoms with van der Waals surface area (Å²) in [4.78, 5) is 2.38. The molecule has 0 bridgehead atoms. The lowest BCUT2D eigenvalue weighted by atomic mass is 10.1. The maximum atomic E-state index is 5.17. The van der Waals surface area contributed by atoms with Crippen LogP contribution in [0, 0.1) is 0 Å². The Morgan fingerprint density at radius 2 is 2.00 bits per heavy atom. The van der Waals surface area contributed by atoms with E-state index in [1.165, 1.54) is 0 Å². The molecule has 0 amide bonds. The van der Waals surface area contributed by atoms with Crippen molar-refractivity contribution in [3.8, 4) is 0 Å². The van der Waals surface area contributed by atoms with Gasteiger partial charge in [0.05, 0.1) is 0 Å². The van der Waals surface area contributed by atoms with Crippen LogP contribution in [-0.2, 0) is 9.47 Å². The molecular formula is C9H20N2O2. The van der Waals surface area contributed by atoms with Gasteiger partial charge in [0.2, 0.25) is 0 Å². The predicted octanol–water partition coefficient (Wildman–Crippen LogP) is -0.101. The largest absolute Gasteiger partial charge is 0.355 e. The molecule has 0 atom stereocenters. The summed E-state index contributed by atoms with van der Waals surface area (Å²) in [6.45, 7) is 6.26. The number of methoxy groups -OCH3 is 2. The van der Waals surface area contributed by atoms with Crippen molar-refractivity contribution in [2.75, 3.05) is 40.4 Å².